The number of benzene rings is 1. The third-order valence-corrected chi connectivity index (χ3v) is 2.99. The van der Waals surface area contributed by atoms with Gasteiger partial charge in [-0.3, -0.25) is 4.79 Å². The van der Waals surface area contributed by atoms with E-state index in [2.05, 4.69) is 10.6 Å². The van der Waals surface area contributed by atoms with Crippen LogP contribution in [0.5, 0.6) is 0 Å². The lowest BCUT2D eigenvalue weighted by atomic mass is 10.0. The van der Waals surface area contributed by atoms with Gasteiger partial charge in [0.1, 0.15) is 6.61 Å². The molecule has 20 heavy (non-hydrogen) atoms. The number of halogens is 1. The second kappa shape index (κ2) is 8.79. The molecule has 2 N–H and O–H groups in total. The van der Waals surface area contributed by atoms with Gasteiger partial charge < -0.3 is 20.1 Å². The molecule has 0 fully saturated rings. The molecule has 0 aliphatic carbocycles. The summed E-state index contributed by atoms with van der Waals surface area (Å²) in [6.07, 6.45) is 2.18. The predicted molar refractivity (Wildman–Crippen MR) is 81.8 cm³/mol. The van der Waals surface area contributed by atoms with Crippen molar-refractivity contribution in [1.29, 1.82) is 0 Å². The van der Waals surface area contributed by atoms with Gasteiger partial charge in [-0.25, -0.2) is 0 Å². The van der Waals surface area contributed by atoms with E-state index >= 15 is 0 Å². The zero-order valence-electron chi connectivity index (χ0n) is 11.6. The maximum atomic E-state index is 11.7. The number of hydrogen-bond donors (Lipinski definition) is 2. The van der Waals surface area contributed by atoms with Gasteiger partial charge in [-0.05, 0) is 36.6 Å². The standard InChI is InChI=1S/C14H20N2O3.ClH/c1-18-7-8-19-10-14(17)16-12-4-5-13-11(9-12)3-2-6-15-13;/h4-5,9,15H,2-3,6-8,10H2,1H3,(H,16,17);1H. The first-order valence-electron chi connectivity index (χ1n) is 6.53. The van der Waals surface area contributed by atoms with Crippen LogP contribution >= 0.6 is 12.4 Å². The summed E-state index contributed by atoms with van der Waals surface area (Å²) in [7, 11) is 1.60. The highest BCUT2D eigenvalue weighted by molar-refractivity contribution is 5.92. The molecule has 1 heterocycles. The minimum absolute atomic E-state index is 0. The third kappa shape index (κ3) is 5.00. The number of aryl methyl sites for hydroxylation is 1. The average molecular weight is 301 g/mol. The number of methoxy groups -OCH3 is 1. The van der Waals surface area contributed by atoms with Crippen LogP contribution in [0.1, 0.15) is 12.0 Å². The summed E-state index contributed by atoms with van der Waals surface area (Å²) < 4.78 is 10.0. The number of anilines is 2. The van der Waals surface area contributed by atoms with Crippen molar-refractivity contribution in [3.8, 4) is 0 Å². The summed E-state index contributed by atoms with van der Waals surface area (Å²) >= 11 is 0. The van der Waals surface area contributed by atoms with Crippen LogP contribution in [0.15, 0.2) is 18.2 Å². The molecule has 0 unspecified atom stereocenters. The number of nitrogens with one attached hydrogen (secondary N) is 2. The SMILES string of the molecule is COCCOCC(=O)Nc1ccc2c(c1)CCCN2.Cl. The molecule has 0 bridgehead atoms. The number of rotatable bonds is 6. The smallest absolute Gasteiger partial charge is 0.250 e. The van der Waals surface area contributed by atoms with Gasteiger partial charge in [0.2, 0.25) is 5.91 Å². The van der Waals surface area contributed by atoms with Gasteiger partial charge in [0, 0.05) is 25.0 Å². The van der Waals surface area contributed by atoms with Crippen LogP contribution in [-0.2, 0) is 20.7 Å². The number of fused-ring (bicyclic) bond motifs is 1. The van der Waals surface area contributed by atoms with Gasteiger partial charge in [-0.1, -0.05) is 0 Å². The van der Waals surface area contributed by atoms with Crippen molar-refractivity contribution in [2.45, 2.75) is 12.8 Å². The summed E-state index contributed by atoms with van der Waals surface area (Å²) in [6, 6.07) is 5.94. The fourth-order valence-corrected chi connectivity index (χ4v) is 2.06. The number of hydrogen-bond acceptors (Lipinski definition) is 4. The normalized spacial score (nSPS) is 12.8. The molecule has 112 valence electrons. The summed E-state index contributed by atoms with van der Waals surface area (Å²) in [5.74, 6) is -0.139. The van der Waals surface area contributed by atoms with Crippen LogP contribution in [0.3, 0.4) is 0 Å². The highest BCUT2D eigenvalue weighted by atomic mass is 35.5. The zero-order chi connectivity index (χ0) is 13.5. The van der Waals surface area contributed by atoms with E-state index in [1.807, 2.05) is 18.2 Å². The van der Waals surface area contributed by atoms with Crippen LogP contribution in [0.4, 0.5) is 11.4 Å². The van der Waals surface area contributed by atoms with Gasteiger partial charge in [-0.15, -0.1) is 12.4 Å². The summed E-state index contributed by atoms with van der Waals surface area (Å²) in [6.45, 7) is 2.00. The van der Waals surface area contributed by atoms with E-state index in [0.29, 0.717) is 13.2 Å². The molecule has 0 radical (unpaired) electrons. The second-order valence-corrected chi connectivity index (χ2v) is 4.50. The molecule has 0 atom stereocenters. The molecular formula is C14H21ClN2O3. The van der Waals surface area contributed by atoms with Gasteiger partial charge >= 0.3 is 0 Å². The molecular weight excluding hydrogens is 280 g/mol. The van der Waals surface area contributed by atoms with Crippen LogP contribution in [0.2, 0.25) is 0 Å². The molecule has 1 aliphatic heterocycles. The topological polar surface area (TPSA) is 59.6 Å². The summed E-state index contributed by atoms with van der Waals surface area (Å²) in [4.78, 5) is 11.7. The Bertz CT molecular complexity index is 440. The lowest BCUT2D eigenvalue weighted by molar-refractivity contribution is -0.121. The molecule has 1 aromatic carbocycles. The maximum Gasteiger partial charge on any atom is 0.250 e. The Labute approximate surface area is 125 Å². The van der Waals surface area contributed by atoms with E-state index in [-0.39, 0.29) is 24.9 Å². The van der Waals surface area contributed by atoms with Crippen molar-refractivity contribution in [2.75, 3.05) is 44.1 Å². The van der Waals surface area contributed by atoms with E-state index in [1.165, 1.54) is 11.3 Å². The molecule has 0 saturated heterocycles. The highest BCUT2D eigenvalue weighted by Crippen LogP contribution is 2.24. The number of carbonyl (C=O) groups excluding carboxylic acids is 1. The average Bonchev–Trinajstić information content (AvgIpc) is 2.43. The van der Waals surface area contributed by atoms with E-state index < -0.39 is 0 Å². The minimum atomic E-state index is -0.139. The molecule has 0 spiro atoms. The highest BCUT2D eigenvalue weighted by Gasteiger charge is 2.10. The number of ether oxygens (including phenoxy) is 2. The molecule has 2 rings (SSSR count). The van der Waals surface area contributed by atoms with Crippen LogP contribution in [-0.4, -0.2) is 39.4 Å². The van der Waals surface area contributed by atoms with Crippen molar-refractivity contribution in [3.05, 3.63) is 23.8 Å². The third-order valence-electron chi connectivity index (χ3n) is 2.99. The molecule has 1 aromatic rings. The summed E-state index contributed by atoms with van der Waals surface area (Å²) in [5, 5.41) is 6.18. The lowest BCUT2D eigenvalue weighted by Crippen LogP contribution is -2.20. The molecule has 6 heteroatoms. The minimum Gasteiger partial charge on any atom is -0.385 e. The molecule has 1 aliphatic rings. The first-order valence-corrected chi connectivity index (χ1v) is 6.53. The quantitative estimate of drug-likeness (QED) is 0.790. The van der Waals surface area contributed by atoms with Gasteiger partial charge in [-0.2, -0.15) is 0 Å². The Morgan fingerprint density at radius 2 is 2.25 bits per heavy atom. The lowest BCUT2D eigenvalue weighted by Gasteiger charge is -2.18. The van der Waals surface area contributed by atoms with E-state index in [0.717, 1.165) is 25.1 Å². The van der Waals surface area contributed by atoms with Crippen LogP contribution < -0.4 is 10.6 Å². The number of amides is 1. The molecule has 1 amide bonds. The monoisotopic (exact) mass is 300 g/mol. The van der Waals surface area contributed by atoms with Crippen LogP contribution in [0.25, 0.3) is 0 Å². The Kier molecular flexibility index (Phi) is 7.36. The Morgan fingerprint density at radius 3 is 3.05 bits per heavy atom. The second-order valence-electron chi connectivity index (χ2n) is 4.50. The fourth-order valence-electron chi connectivity index (χ4n) is 2.06. The first kappa shape index (κ1) is 16.8. The first-order chi connectivity index (χ1) is 9.29. The number of carbonyl (C=O) groups is 1. The van der Waals surface area contributed by atoms with E-state index in [4.69, 9.17) is 9.47 Å². The molecule has 0 saturated carbocycles. The van der Waals surface area contributed by atoms with E-state index in [9.17, 15) is 4.79 Å². The van der Waals surface area contributed by atoms with Gasteiger partial charge in [0.05, 0.1) is 13.2 Å². The maximum absolute atomic E-state index is 11.7. The molecule has 5 nitrogen and oxygen atoms in total. The predicted octanol–water partition coefficient (Wildman–Crippen LogP) is 2.07. The Hall–Kier alpha value is -1.30. The molecule has 0 aromatic heterocycles. The van der Waals surface area contributed by atoms with Crippen molar-refractivity contribution in [2.24, 2.45) is 0 Å². The Morgan fingerprint density at radius 1 is 1.40 bits per heavy atom. The Balaban J connectivity index is 0.00000200. The van der Waals surface area contributed by atoms with E-state index in [1.54, 1.807) is 7.11 Å². The van der Waals surface area contributed by atoms with Crippen molar-refractivity contribution >= 4 is 29.7 Å². The van der Waals surface area contributed by atoms with Gasteiger partial charge in [0.15, 0.2) is 0 Å². The van der Waals surface area contributed by atoms with Crippen molar-refractivity contribution in [1.82, 2.24) is 0 Å². The fraction of sp³-hybridized carbons (Fsp3) is 0.500. The summed E-state index contributed by atoms with van der Waals surface area (Å²) in [5.41, 5.74) is 3.24. The van der Waals surface area contributed by atoms with Crippen molar-refractivity contribution in [3.63, 3.8) is 0 Å². The van der Waals surface area contributed by atoms with Crippen LogP contribution in [0, 0.1) is 0 Å². The zero-order valence-corrected chi connectivity index (χ0v) is 12.4. The van der Waals surface area contributed by atoms with Crippen molar-refractivity contribution < 1.29 is 14.3 Å². The van der Waals surface area contributed by atoms with Gasteiger partial charge in [0.25, 0.3) is 0 Å². The largest absolute Gasteiger partial charge is 0.385 e.